The predicted molar refractivity (Wildman–Crippen MR) is 53.4 cm³/mol. The number of aliphatic carboxylic acids is 1. The Bertz CT molecular complexity index is 375. The zero-order valence-electron chi connectivity index (χ0n) is 8.60. The summed E-state index contributed by atoms with van der Waals surface area (Å²) in [6, 6.07) is 1.67. The Morgan fingerprint density at radius 3 is 2.88 bits per heavy atom. The molecule has 0 saturated heterocycles. The van der Waals surface area contributed by atoms with Gasteiger partial charge in [0, 0.05) is 18.9 Å². The van der Waals surface area contributed by atoms with Gasteiger partial charge in [0.15, 0.2) is 5.76 Å². The highest BCUT2D eigenvalue weighted by Crippen LogP contribution is 2.04. The molecular formula is C9H13N3O4. The van der Waals surface area contributed by atoms with Crippen LogP contribution in [0, 0.1) is 0 Å². The molecule has 4 N–H and O–H groups in total. The number of nitrogens with one attached hydrogen (secondary N) is 1. The standard InChI is InChI=1S/C9H13N3O4/c10-4-7-3-6(12-16-7)1-2-8(13)11-5-9(14)15/h3H,1-2,4-5,10H2,(H,11,13)(H,14,15). The van der Waals surface area contributed by atoms with Gasteiger partial charge < -0.3 is 20.7 Å². The second-order valence-electron chi connectivity index (χ2n) is 3.16. The second-order valence-corrected chi connectivity index (χ2v) is 3.16. The molecule has 0 saturated carbocycles. The maximum Gasteiger partial charge on any atom is 0.322 e. The van der Waals surface area contributed by atoms with E-state index in [0.29, 0.717) is 17.9 Å². The van der Waals surface area contributed by atoms with Crippen molar-refractivity contribution in [3.63, 3.8) is 0 Å². The van der Waals surface area contributed by atoms with E-state index in [1.807, 2.05) is 0 Å². The van der Waals surface area contributed by atoms with E-state index in [2.05, 4.69) is 10.5 Å². The molecule has 0 aliphatic rings. The highest BCUT2D eigenvalue weighted by Gasteiger charge is 2.07. The summed E-state index contributed by atoms with van der Waals surface area (Å²) in [5.74, 6) is -0.846. The Morgan fingerprint density at radius 2 is 2.31 bits per heavy atom. The van der Waals surface area contributed by atoms with Crippen molar-refractivity contribution in [2.75, 3.05) is 6.54 Å². The van der Waals surface area contributed by atoms with E-state index in [-0.39, 0.29) is 25.4 Å². The van der Waals surface area contributed by atoms with Crippen LogP contribution in [0.3, 0.4) is 0 Å². The van der Waals surface area contributed by atoms with Gasteiger partial charge in [-0.05, 0) is 0 Å². The largest absolute Gasteiger partial charge is 0.480 e. The van der Waals surface area contributed by atoms with Gasteiger partial charge in [-0.2, -0.15) is 0 Å². The number of aromatic nitrogens is 1. The van der Waals surface area contributed by atoms with Crippen LogP contribution in [0.5, 0.6) is 0 Å². The van der Waals surface area contributed by atoms with Crippen LogP contribution in [-0.2, 0) is 22.6 Å². The number of hydrogen-bond acceptors (Lipinski definition) is 5. The van der Waals surface area contributed by atoms with Gasteiger partial charge in [0.2, 0.25) is 5.91 Å². The molecule has 1 heterocycles. The van der Waals surface area contributed by atoms with E-state index in [9.17, 15) is 9.59 Å². The fourth-order valence-corrected chi connectivity index (χ4v) is 1.07. The van der Waals surface area contributed by atoms with E-state index in [1.165, 1.54) is 0 Å². The van der Waals surface area contributed by atoms with E-state index in [0.717, 1.165) is 0 Å². The summed E-state index contributed by atoms with van der Waals surface area (Å²) in [5, 5.41) is 14.3. The van der Waals surface area contributed by atoms with E-state index in [1.54, 1.807) is 6.07 Å². The van der Waals surface area contributed by atoms with Crippen LogP contribution in [0.2, 0.25) is 0 Å². The molecule has 1 aromatic rings. The summed E-state index contributed by atoms with van der Waals surface area (Å²) < 4.78 is 4.84. The number of carbonyl (C=O) groups excluding carboxylic acids is 1. The van der Waals surface area contributed by atoms with Crippen LogP contribution in [0.4, 0.5) is 0 Å². The van der Waals surface area contributed by atoms with Gasteiger partial charge in [-0.15, -0.1) is 0 Å². The summed E-state index contributed by atoms with van der Waals surface area (Å²) in [4.78, 5) is 21.3. The Balaban J connectivity index is 2.28. The number of carboxylic acids is 1. The number of amides is 1. The highest BCUT2D eigenvalue weighted by atomic mass is 16.5. The third kappa shape index (κ3) is 4.09. The van der Waals surface area contributed by atoms with Crippen LogP contribution < -0.4 is 11.1 Å². The summed E-state index contributed by atoms with van der Waals surface area (Å²) in [6.45, 7) is -0.107. The maximum absolute atomic E-state index is 11.1. The van der Waals surface area contributed by atoms with Crippen LogP contribution in [0.1, 0.15) is 17.9 Å². The van der Waals surface area contributed by atoms with Gasteiger partial charge in [-0.25, -0.2) is 0 Å². The highest BCUT2D eigenvalue weighted by molar-refractivity contribution is 5.81. The molecule has 1 amide bonds. The number of hydrogen-bond donors (Lipinski definition) is 3. The topological polar surface area (TPSA) is 118 Å². The summed E-state index contributed by atoms with van der Waals surface area (Å²) >= 11 is 0. The molecule has 0 unspecified atom stereocenters. The van der Waals surface area contributed by atoms with Crippen molar-refractivity contribution in [2.24, 2.45) is 5.73 Å². The van der Waals surface area contributed by atoms with Crippen molar-refractivity contribution in [1.82, 2.24) is 10.5 Å². The molecule has 7 nitrogen and oxygen atoms in total. The lowest BCUT2D eigenvalue weighted by molar-refractivity contribution is -0.137. The minimum atomic E-state index is -1.07. The first-order chi connectivity index (χ1) is 7.61. The monoisotopic (exact) mass is 227 g/mol. The van der Waals surface area contributed by atoms with Crippen LogP contribution in [-0.4, -0.2) is 28.7 Å². The molecule has 0 aromatic carbocycles. The van der Waals surface area contributed by atoms with Gasteiger partial charge in [-0.3, -0.25) is 9.59 Å². The average molecular weight is 227 g/mol. The Labute approximate surface area is 91.6 Å². The van der Waals surface area contributed by atoms with Crippen molar-refractivity contribution in [2.45, 2.75) is 19.4 Å². The predicted octanol–water partition coefficient (Wildman–Crippen LogP) is -0.733. The van der Waals surface area contributed by atoms with Crippen LogP contribution in [0.25, 0.3) is 0 Å². The molecule has 0 spiro atoms. The molecule has 7 heteroatoms. The molecule has 16 heavy (non-hydrogen) atoms. The smallest absolute Gasteiger partial charge is 0.322 e. The SMILES string of the molecule is NCc1cc(CCC(=O)NCC(=O)O)no1. The molecule has 1 rings (SSSR count). The van der Waals surface area contributed by atoms with Gasteiger partial charge in [0.25, 0.3) is 0 Å². The molecule has 0 bridgehead atoms. The number of carbonyl (C=O) groups is 2. The lowest BCUT2D eigenvalue weighted by atomic mass is 10.2. The minimum absolute atomic E-state index is 0.170. The number of aryl methyl sites for hydroxylation is 1. The van der Waals surface area contributed by atoms with Crippen molar-refractivity contribution in [1.29, 1.82) is 0 Å². The first-order valence-corrected chi connectivity index (χ1v) is 4.75. The fraction of sp³-hybridized carbons (Fsp3) is 0.444. The minimum Gasteiger partial charge on any atom is -0.480 e. The molecule has 1 aromatic heterocycles. The van der Waals surface area contributed by atoms with Crippen LogP contribution >= 0.6 is 0 Å². The van der Waals surface area contributed by atoms with Gasteiger partial charge in [0.1, 0.15) is 6.54 Å². The number of nitrogens with two attached hydrogens (primary N) is 1. The Morgan fingerprint density at radius 1 is 1.56 bits per heavy atom. The summed E-state index contributed by atoms with van der Waals surface area (Å²) in [5.41, 5.74) is 5.95. The number of nitrogens with zero attached hydrogens (tertiary/aromatic N) is 1. The quantitative estimate of drug-likeness (QED) is 0.589. The number of rotatable bonds is 6. The first-order valence-electron chi connectivity index (χ1n) is 4.75. The van der Waals surface area contributed by atoms with Gasteiger partial charge in [-0.1, -0.05) is 5.16 Å². The van der Waals surface area contributed by atoms with Crippen LogP contribution in [0.15, 0.2) is 10.6 Å². The summed E-state index contributed by atoms with van der Waals surface area (Å²) in [6.07, 6.45) is 0.568. The Kier molecular flexibility index (Phi) is 4.46. The molecule has 0 fully saturated rings. The summed E-state index contributed by atoms with van der Waals surface area (Å²) in [7, 11) is 0. The first kappa shape index (κ1) is 12.2. The van der Waals surface area contributed by atoms with Crippen molar-refractivity contribution >= 4 is 11.9 Å². The van der Waals surface area contributed by atoms with E-state index < -0.39 is 5.97 Å². The molecular weight excluding hydrogens is 214 g/mol. The average Bonchev–Trinajstić information content (AvgIpc) is 2.71. The van der Waals surface area contributed by atoms with Gasteiger partial charge >= 0.3 is 5.97 Å². The Hall–Kier alpha value is -1.89. The maximum atomic E-state index is 11.1. The molecule has 0 atom stereocenters. The molecule has 0 aliphatic heterocycles. The van der Waals surface area contributed by atoms with Crippen molar-refractivity contribution in [3.05, 3.63) is 17.5 Å². The zero-order chi connectivity index (χ0) is 12.0. The lowest BCUT2D eigenvalue weighted by Crippen LogP contribution is -2.29. The second kappa shape index (κ2) is 5.86. The molecule has 0 radical (unpaired) electrons. The zero-order valence-corrected chi connectivity index (χ0v) is 8.60. The third-order valence-electron chi connectivity index (χ3n) is 1.85. The molecule has 0 aliphatic carbocycles. The van der Waals surface area contributed by atoms with Gasteiger partial charge in [0.05, 0.1) is 12.2 Å². The van der Waals surface area contributed by atoms with E-state index >= 15 is 0 Å². The van der Waals surface area contributed by atoms with E-state index in [4.69, 9.17) is 15.4 Å². The number of carboxylic acid groups (broad SMARTS) is 1. The fourth-order valence-electron chi connectivity index (χ4n) is 1.07. The third-order valence-corrected chi connectivity index (χ3v) is 1.85. The van der Waals surface area contributed by atoms with Crippen molar-refractivity contribution in [3.8, 4) is 0 Å². The normalized spacial score (nSPS) is 10.1. The van der Waals surface area contributed by atoms with Crippen molar-refractivity contribution < 1.29 is 19.2 Å². The lowest BCUT2D eigenvalue weighted by Gasteiger charge is -1.99. The molecule has 88 valence electrons.